The first-order valence-electron chi connectivity index (χ1n) is 7.57. The van der Waals surface area contributed by atoms with E-state index in [1.54, 1.807) is 0 Å². The summed E-state index contributed by atoms with van der Waals surface area (Å²) >= 11 is 5.89. The van der Waals surface area contributed by atoms with Crippen LogP contribution < -0.4 is 5.73 Å². The van der Waals surface area contributed by atoms with E-state index in [0.717, 1.165) is 24.5 Å². The van der Waals surface area contributed by atoms with Gasteiger partial charge in [-0.3, -0.25) is 0 Å². The van der Waals surface area contributed by atoms with Crippen molar-refractivity contribution in [3.05, 3.63) is 34.9 Å². The Hall–Kier alpha value is -0.610. The van der Waals surface area contributed by atoms with Gasteiger partial charge in [-0.05, 0) is 63.6 Å². The summed E-state index contributed by atoms with van der Waals surface area (Å²) in [7, 11) is 2.19. The molecule has 1 heterocycles. The van der Waals surface area contributed by atoms with Crippen molar-refractivity contribution in [3.63, 3.8) is 0 Å². The molecule has 20 heavy (non-hydrogen) atoms. The number of hydrogen-bond donors (Lipinski definition) is 1. The lowest BCUT2D eigenvalue weighted by molar-refractivity contribution is 0.251. The van der Waals surface area contributed by atoms with Crippen LogP contribution in [0.15, 0.2) is 24.3 Å². The fraction of sp³-hybridized carbons (Fsp3) is 0.625. The second-order valence-corrected chi connectivity index (χ2v) is 6.24. The standard InChI is InChI=1S/C16H26ClN3/c1-19(12-13-20-9-2-3-10-20)11-8-16(18)14-4-6-15(17)7-5-14/h4-7,16H,2-3,8-13,18H2,1H3. The lowest BCUT2D eigenvalue weighted by Gasteiger charge is -2.22. The molecule has 0 spiro atoms. The molecule has 2 rings (SSSR count). The Labute approximate surface area is 127 Å². The first kappa shape index (κ1) is 15.8. The van der Waals surface area contributed by atoms with E-state index in [1.165, 1.54) is 38.0 Å². The first-order valence-corrected chi connectivity index (χ1v) is 7.95. The van der Waals surface area contributed by atoms with Gasteiger partial charge in [-0.15, -0.1) is 0 Å². The molecule has 1 fully saturated rings. The normalized spacial score (nSPS) is 17.8. The van der Waals surface area contributed by atoms with Crippen molar-refractivity contribution in [2.75, 3.05) is 39.8 Å². The van der Waals surface area contributed by atoms with Gasteiger partial charge in [0.05, 0.1) is 0 Å². The van der Waals surface area contributed by atoms with Gasteiger partial charge in [0.1, 0.15) is 0 Å². The number of hydrogen-bond acceptors (Lipinski definition) is 3. The van der Waals surface area contributed by atoms with E-state index in [1.807, 2.05) is 24.3 Å². The quantitative estimate of drug-likeness (QED) is 0.839. The third-order valence-corrected chi connectivity index (χ3v) is 4.37. The number of nitrogens with two attached hydrogens (primary N) is 1. The van der Waals surface area contributed by atoms with E-state index in [2.05, 4.69) is 16.8 Å². The van der Waals surface area contributed by atoms with Crippen LogP contribution in [-0.2, 0) is 0 Å². The van der Waals surface area contributed by atoms with Crippen molar-refractivity contribution < 1.29 is 0 Å². The van der Waals surface area contributed by atoms with Gasteiger partial charge < -0.3 is 15.5 Å². The highest BCUT2D eigenvalue weighted by Crippen LogP contribution is 2.17. The third-order valence-electron chi connectivity index (χ3n) is 4.12. The molecule has 0 aliphatic carbocycles. The van der Waals surface area contributed by atoms with Gasteiger partial charge in [0, 0.05) is 24.2 Å². The summed E-state index contributed by atoms with van der Waals surface area (Å²) in [6, 6.07) is 7.97. The smallest absolute Gasteiger partial charge is 0.0406 e. The summed E-state index contributed by atoms with van der Waals surface area (Å²) in [4.78, 5) is 4.93. The van der Waals surface area contributed by atoms with Crippen molar-refractivity contribution in [3.8, 4) is 0 Å². The van der Waals surface area contributed by atoms with E-state index >= 15 is 0 Å². The van der Waals surface area contributed by atoms with E-state index in [-0.39, 0.29) is 6.04 Å². The average molecular weight is 296 g/mol. The number of halogens is 1. The number of rotatable bonds is 7. The van der Waals surface area contributed by atoms with Crippen molar-refractivity contribution in [2.45, 2.75) is 25.3 Å². The van der Waals surface area contributed by atoms with Gasteiger partial charge in [-0.2, -0.15) is 0 Å². The molecular weight excluding hydrogens is 270 g/mol. The Morgan fingerprint density at radius 1 is 1.20 bits per heavy atom. The molecule has 1 aliphatic rings. The molecule has 4 heteroatoms. The van der Waals surface area contributed by atoms with Gasteiger partial charge in [0.25, 0.3) is 0 Å². The highest BCUT2D eigenvalue weighted by atomic mass is 35.5. The van der Waals surface area contributed by atoms with Crippen LogP contribution in [0.25, 0.3) is 0 Å². The SMILES string of the molecule is CN(CCC(N)c1ccc(Cl)cc1)CCN1CCCC1. The van der Waals surface area contributed by atoms with Crippen LogP contribution in [0.3, 0.4) is 0 Å². The van der Waals surface area contributed by atoms with Gasteiger partial charge in [0.2, 0.25) is 0 Å². The van der Waals surface area contributed by atoms with E-state index in [0.29, 0.717) is 0 Å². The zero-order chi connectivity index (χ0) is 14.4. The molecule has 0 aromatic heterocycles. The zero-order valence-electron chi connectivity index (χ0n) is 12.4. The second kappa shape index (κ2) is 7.99. The molecule has 3 nitrogen and oxygen atoms in total. The Morgan fingerprint density at radius 2 is 1.85 bits per heavy atom. The first-order chi connectivity index (χ1) is 9.65. The minimum Gasteiger partial charge on any atom is -0.324 e. The minimum atomic E-state index is 0.0986. The summed E-state index contributed by atoms with van der Waals surface area (Å²) in [6.45, 7) is 5.91. The van der Waals surface area contributed by atoms with Crippen LogP contribution in [-0.4, -0.2) is 49.6 Å². The van der Waals surface area contributed by atoms with Crippen LogP contribution in [0, 0.1) is 0 Å². The average Bonchev–Trinajstić information content (AvgIpc) is 2.96. The highest BCUT2D eigenvalue weighted by Gasteiger charge is 2.12. The monoisotopic (exact) mass is 295 g/mol. The molecule has 1 aromatic rings. The van der Waals surface area contributed by atoms with Crippen LogP contribution in [0.4, 0.5) is 0 Å². The summed E-state index contributed by atoms with van der Waals surface area (Å²) < 4.78 is 0. The Balaban J connectivity index is 1.66. The fourth-order valence-corrected chi connectivity index (χ4v) is 2.79. The maximum atomic E-state index is 6.23. The number of benzene rings is 1. The molecule has 1 atom stereocenters. The summed E-state index contributed by atoms with van der Waals surface area (Å²) in [5.74, 6) is 0. The molecule has 1 unspecified atom stereocenters. The van der Waals surface area contributed by atoms with E-state index in [9.17, 15) is 0 Å². The van der Waals surface area contributed by atoms with Crippen molar-refractivity contribution >= 4 is 11.6 Å². The summed E-state index contributed by atoms with van der Waals surface area (Å²) in [5, 5.41) is 0.767. The molecule has 2 N–H and O–H groups in total. The largest absolute Gasteiger partial charge is 0.324 e. The summed E-state index contributed by atoms with van der Waals surface area (Å²) in [6.07, 6.45) is 3.72. The molecule has 0 radical (unpaired) electrons. The topological polar surface area (TPSA) is 32.5 Å². The molecule has 1 aliphatic heterocycles. The van der Waals surface area contributed by atoms with Crippen molar-refractivity contribution in [1.29, 1.82) is 0 Å². The molecule has 1 aromatic carbocycles. The predicted octanol–water partition coefficient (Wildman–Crippen LogP) is 2.76. The maximum absolute atomic E-state index is 6.23. The van der Waals surface area contributed by atoms with Gasteiger partial charge >= 0.3 is 0 Å². The zero-order valence-corrected chi connectivity index (χ0v) is 13.1. The van der Waals surface area contributed by atoms with Crippen LogP contribution >= 0.6 is 11.6 Å². The van der Waals surface area contributed by atoms with Crippen molar-refractivity contribution in [2.24, 2.45) is 5.73 Å². The minimum absolute atomic E-state index is 0.0986. The Morgan fingerprint density at radius 3 is 2.50 bits per heavy atom. The Kier molecular flexibility index (Phi) is 6.30. The molecule has 1 saturated heterocycles. The number of likely N-dealkylation sites (tertiary alicyclic amines) is 1. The van der Waals surface area contributed by atoms with Gasteiger partial charge in [-0.25, -0.2) is 0 Å². The molecule has 0 amide bonds. The fourth-order valence-electron chi connectivity index (χ4n) is 2.67. The van der Waals surface area contributed by atoms with Crippen molar-refractivity contribution in [1.82, 2.24) is 9.80 Å². The predicted molar refractivity (Wildman–Crippen MR) is 86.2 cm³/mol. The van der Waals surface area contributed by atoms with E-state index in [4.69, 9.17) is 17.3 Å². The Bertz CT molecular complexity index is 387. The summed E-state index contributed by atoms with van der Waals surface area (Å²) in [5.41, 5.74) is 7.40. The molecule has 0 bridgehead atoms. The molecule has 112 valence electrons. The van der Waals surface area contributed by atoms with Gasteiger partial charge in [0.15, 0.2) is 0 Å². The van der Waals surface area contributed by atoms with Crippen LogP contribution in [0.1, 0.15) is 30.9 Å². The molecular formula is C16H26ClN3. The number of nitrogens with zero attached hydrogens (tertiary/aromatic N) is 2. The van der Waals surface area contributed by atoms with Gasteiger partial charge in [-0.1, -0.05) is 23.7 Å². The van der Waals surface area contributed by atoms with Crippen LogP contribution in [0.2, 0.25) is 5.02 Å². The van der Waals surface area contributed by atoms with E-state index < -0.39 is 0 Å². The number of likely N-dealkylation sites (N-methyl/N-ethyl adjacent to an activating group) is 1. The molecule has 0 saturated carbocycles. The maximum Gasteiger partial charge on any atom is 0.0406 e. The lowest BCUT2D eigenvalue weighted by Crippen LogP contribution is -2.32. The lowest BCUT2D eigenvalue weighted by atomic mass is 10.0. The third kappa shape index (κ3) is 5.06. The highest BCUT2D eigenvalue weighted by molar-refractivity contribution is 6.30. The van der Waals surface area contributed by atoms with Crippen LogP contribution in [0.5, 0.6) is 0 Å². The second-order valence-electron chi connectivity index (χ2n) is 5.80.